The van der Waals surface area contributed by atoms with Gasteiger partial charge in [-0.15, -0.1) is 11.8 Å². The number of phenols is 1. The van der Waals surface area contributed by atoms with Gasteiger partial charge < -0.3 is 10.0 Å². The molecule has 6 heteroatoms. The molecule has 148 valence electrons. The van der Waals surface area contributed by atoms with E-state index in [0.717, 1.165) is 33.3 Å². The third-order valence-electron chi connectivity index (χ3n) is 3.94. The van der Waals surface area contributed by atoms with Gasteiger partial charge in [0.1, 0.15) is 5.75 Å². The Morgan fingerprint density at radius 3 is 2.54 bits per heavy atom. The number of nitriles is 1. The summed E-state index contributed by atoms with van der Waals surface area (Å²) in [5.74, 6) is 0.256. The fourth-order valence-electron chi connectivity index (χ4n) is 2.14. The van der Waals surface area contributed by atoms with Crippen LogP contribution in [0.25, 0.3) is 6.08 Å². The Labute approximate surface area is 172 Å². The lowest BCUT2D eigenvalue weighted by atomic mass is 10.2. The summed E-state index contributed by atoms with van der Waals surface area (Å²) >= 11 is 1.56. The molecule has 0 spiro atoms. The van der Waals surface area contributed by atoms with Crippen molar-refractivity contribution in [3.63, 3.8) is 0 Å². The van der Waals surface area contributed by atoms with Crippen LogP contribution in [0, 0.1) is 11.3 Å². The molecular formula is C22H28N4OS. The normalized spacial score (nSPS) is 13.8. The molecule has 0 aliphatic heterocycles. The molecule has 0 aliphatic carbocycles. The van der Waals surface area contributed by atoms with Crippen LogP contribution < -0.4 is 4.90 Å². The number of nitrogens with zero attached hydrogens (tertiary/aromatic N) is 4. The van der Waals surface area contributed by atoms with Gasteiger partial charge in [0.05, 0.1) is 12.5 Å². The molecule has 1 aromatic carbocycles. The first-order valence-corrected chi connectivity index (χ1v) is 9.73. The second-order valence-electron chi connectivity index (χ2n) is 6.34. The predicted octanol–water partition coefficient (Wildman–Crippen LogP) is 5.42. The van der Waals surface area contributed by atoms with Crippen molar-refractivity contribution in [2.75, 3.05) is 26.0 Å². The second kappa shape index (κ2) is 11.8. The highest BCUT2D eigenvalue weighted by atomic mass is 32.2. The molecule has 0 fully saturated rings. The van der Waals surface area contributed by atoms with Gasteiger partial charge in [0, 0.05) is 60.5 Å². The van der Waals surface area contributed by atoms with Crippen molar-refractivity contribution in [3.8, 4) is 11.8 Å². The van der Waals surface area contributed by atoms with Crippen molar-refractivity contribution in [1.82, 2.24) is 0 Å². The minimum Gasteiger partial charge on any atom is -0.507 e. The van der Waals surface area contributed by atoms with Crippen LogP contribution in [0.15, 0.2) is 56.3 Å². The van der Waals surface area contributed by atoms with Crippen LogP contribution in [-0.4, -0.2) is 37.7 Å². The highest BCUT2D eigenvalue weighted by Crippen LogP contribution is 2.27. The van der Waals surface area contributed by atoms with E-state index >= 15 is 0 Å². The lowest BCUT2D eigenvalue weighted by Crippen LogP contribution is -2.08. The van der Waals surface area contributed by atoms with Crippen molar-refractivity contribution in [3.05, 3.63) is 51.9 Å². The van der Waals surface area contributed by atoms with Crippen LogP contribution in [0.3, 0.4) is 0 Å². The Bertz CT molecular complexity index is 871. The van der Waals surface area contributed by atoms with Crippen molar-refractivity contribution in [1.29, 1.82) is 5.26 Å². The summed E-state index contributed by atoms with van der Waals surface area (Å²) in [6.07, 6.45) is 5.86. The molecule has 0 bridgehead atoms. The molecule has 0 unspecified atom stereocenters. The fraction of sp³-hybridized carbons (Fsp3) is 0.318. The summed E-state index contributed by atoms with van der Waals surface area (Å²) in [7, 11) is 5.55. The molecule has 1 aromatic rings. The Balaban J connectivity index is 2.81. The standard InChI is InChI=1S/C22H28N4OS/c1-16(7-9-20(24-4)11-13-23)25-17(2)18(3)28-14-12-19-8-10-21(26(5)6)15-22(19)27/h7-10,12,14-15,27H,11H2,1-6H3/b9-7-,14-12+,18-17+,24-20?,25-16-. The maximum atomic E-state index is 10.1. The summed E-state index contributed by atoms with van der Waals surface area (Å²) < 4.78 is 0. The van der Waals surface area contributed by atoms with Crippen LogP contribution in [0.4, 0.5) is 5.69 Å². The van der Waals surface area contributed by atoms with Crippen LogP contribution in [-0.2, 0) is 0 Å². The topological polar surface area (TPSA) is 72.0 Å². The van der Waals surface area contributed by atoms with E-state index in [9.17, 15) is 5.11 Å². The van der Waals surface area contributed by atoms with E-state index in [1.807, 2.05) is 75.5 Å². The van der Waals surface area contributed by atoms with Crippen molar-refractivity contribution in [2.45, 2.75) is 27.2 Å². The van der Waals surface area contributed by atoms with Gasteiger partial charge in [-0.25, -0.2) is 0 Å². The van der Waals surface area contributed by atoms with Gasteiger partial charge in [-0.05, 0) is 56.5 Å². The van der Waals surface area contributed by atoms with Crippen molar-refractivity contribution in [2.24, 2.45) is 9.98 Å². The number of aliphatic imine (C=N–C) groups is 2. The number of hydrogen-bond donors (Lipinski definition) is 1. The van der Waals surface area contributed by atoms with E-state index < -0.39 is 0 Å². The second-order valence-corrected chi connectivity index (χ2v) is 7.46. The van der Waals surface area contributed by atoms with Crippen LogP contribution in [0.2, 0.25) is 0 Å². The molecular weight excluding hydrogens is 368 g/mol. The number of allylic oxidation sites excluding steroid dienone is 4. The molecule has 28 heavy (non-hydrogen) atoms. The van der Waals surface area contributed by atoms with Crippen molar-refractivity contribution < 1.29 is 5.11 Å². The molecule has 0 heterocycles. The van der Waals surface area contributed by atoms with E-state index in [4.69, 9.17) is 5.26 Å². The number of aromatic hydroxyl groups is 1. The van der Waals surface area contributed by atoms with Gasteiger partial charge in [0.15, 0.2) is 0 Å². The maximum absolute atomic E-state index is 10.1. The lowest BCUT2D eigenvalue weighted by molar-refractivity contribution is 0.474. The Morgan fingerprint density at radius 1 is 1.25 bits per heavy atom. The molecule has 5 nitrogen and oxygen atoms in total. The molecule has 0 amide bonds. The van der Waals surface area contributed by atoms with E-state index in [2.05, 4.69) is 16.1 Å². The number of rotatable bonds is 8. The van der Waals surface area contributed by atoms with E-state index in [1.165, 1.54) is 0 Å². The molecule has 0 atom stereocenters. The zero-order valence-electron chi connectivity index (χ0n) is 17.4. The molecule has 0 aliphatic rings. The highest BCUT2D eigenvalue weighted by molar-refractivity contribution is 8.05. The number of hydrogen-bond acceptors (Lipinski definition) is 6. The van der Waals surface area contributed by atoms with Crippen molar-refractivity contribution >= 4 is 34.9 Å². The van der Waals surface area contributed by atoms with E-state index in [-0.39, 0.29) is 12.2 Å². The van der Waals surface area contributed by atoms with Gasteiger partial charge >= 0.3 is 0 Å². The first-order chi connectivity index (χ1) is 13.3. The number of anilines is 1. The Morgan fingerprint density at radius 2 is 1.96 bits per heavy atom. The molecule has 0 aromatic heterocycles. The zero-order chi connectivity index (χ0) is 21.1. The van der Waals surface area contributed by atoms with Gasteiger partial charge in [-0.2, -0.15) is 5.26 Å². The van der Waals surface area contributed by atoms with E-state index in [0.29, 0.717) is 0 Å². The summed E-state index contributed by atoms with van der Waals surface area (Å²) in [6.45, 7) is 5.88. The maximum Gasteiger partial charge on any atom is 0.124 e. The third kappa shape index (κ3) is 7.85. The summed E-state index contributed by atoms with van der Waals surface area (Å²) in [4.78, 5) is 11.7. The SMILES string of the molecule is CN=C(\C=C/C(C)=N\C(C)=C(/C)S/C=C/c1ccc(N(C)C)cc1O)CC#N. The smallest absolute Gasteiger partial charge is 0.124 e. The van der Waals surface area contributed by atoms with Crippen LogP contribution in [0.1, 0.15) is 32.8 Å². The summed E-state index contributed by atoms with van der Waals surface area (Å²) in [5.41, 5.74) is 4.22. The van der Waals surface area contributed by atoms with Gasteiger partial charge in [-0.1, -0.05) is 0 Å². The lowest BCUT2D eigenvalue weighted by Gasteiger charge is -2.13. The number of benzene rings is 1. The summed E-state index contributed by atoms with van der Waals surface area (Å²) in [5, 5.41) is 20.8. The Hall–Kier alpha value is -2.78. The first-order valence-electron chi connectivity index (χ1n) is 8.85. The van der Waals surface area contributed by atoms with Crippen LogP contribution >= 0.6 is 11.8 Å². The monoisotopic (exact) mass is 396 g/mol. The minimum absolute atomic E-state index is 0.256. The highest BCUT2D eigenvalue weighted by Gasteiger charge is 2.02. The predicted molar refractivity (Wildman–Crippen MR) is 123 cm³/mol. The van der Waals surface area contributed by atoms with Gasteiger partial charge in [0.2, 0.25) is 0 Å². The number of thioether (sulfide) groups is 1. The molecule has 0 saturated heterocycles. The van der Waals surface area contributed by atoms with Gasteiger partial charge in [0.25, 0.3) is 0 Å². The molecule has 0 radical (unpaired) electrons. The molecule has 0 saturated carbocycles. The average molecular weight is 397 g/mol. The third-order valence-corrected chi connectivity index (χ3v) is 4.86. The van der Waals surface area contributed by atoms with E-state index in [1.54, 1.807) is 24.9 Å². The fourth-order valence-corrected chi connectivity index (χ4v) is 2.77. The molecule has 1 rings (SSSR count). The summed E-state index contributed by atoms with van der Waals surface area (Å²) in [6, 6.07) is 7.70. The minimum atomic E-state index is 0.256. The average Bonchev–Trinajstić information content (AvgIpc) is 2.65. The quantitative estimate of drug-likeness (QED) is 0.596. The Kier molecular flexibility index (Phi) is 9.83. The first kappa shape index (κ1) is 23.3. The zero-order valence-corrected chi connectivity index (χ0v) is 18.2. The van der Waals surface area contributed by atoms with Crippen LogP contribution in [0.5, 0.6) is 5.75 Å². The van der Waals surface area contributed by atoms with Gasteiger partial charge in [-0.3, -0.25) is 9.98 Å². The number of phenolic OH excluding ortho intramolecular Hbond substituents is 1. The molecule has 1 N–H and O–H groups in total. The largest absolute Gasteiger partial charge is 0.507 e.